The molecular formula is C14H15NO5. The van der Waals surface area contributed by atoms with Crippen LogP contribution in [0.15, 0.2) is 18.2 Å². The Morgan fingerprint density at radius 3 is 2.70 bits per heavy atom. The fourth-order valence-corrected chi connectivity index (χ4v) is 2.32. The molecule has 20 heavy (non-hydrogen) atoms. The van der Waals surface area contributed by atoms with E-state index < -0.39 is 17.9 Å². The number of anilines is 1. The Balaban J connectivity index is 2.35. The number of ether oxygens (including phenoxy) is 1. The van der Waals surface area contributed by atoms with Crippen molar-refractivity contribution < 1.29 is 24.2 Å². The third-order valence-electron chi connectivity index (χ3n) is 3.33. The van der Waals surface area contributed by atoms with Crippen LogP contribution in [-0.2, 0) is 14.3 Å². The molecule has 0 spiro atoms. The highest BCUT2D eigenvalue weighted by molar-refractivity contribution is 6.05. The van der Waals surface area contributed by atoms with Crippen molar-refractivity contribution in [2.45, 2.75) is 13.3 Å². The summed E-state index contributed by atoms with van der Waals surface area (Å²) in [5, 5.41) is 9.23. The van der Waals surface area contributed by atoms with Gasteiger partial charge in [-0.2, -0.15) is 0 Å². The summed E-state index contributed by atoms with van der Waals surface area (Å²) in [4.78, 5) is 36.1. The average molecular weight is 277 g/mol. The molecule has 0 aliphatic carbocycles. The molecule has 1 saturated heterocycles. The first-order valence-corrected chi connectivity index (χ1v) is 6.16. The number of hydrogen-bond acceptors (Lipinski definition) is 4. The quantitative estimate of drug-likeness (QED) is 0.840. The van der Waals surface area contributed by atoms with Crippen molar-refractivity contribution in [1.29, 1.82) is 0 Å². The maximum absolute atomic E-state index is 12.0. The third-order valence-corrected chi connectivity index (χ3v) is 3.33. The Morgan fingerprint density at radius 2 is 2.10 bits per heavy atom. The predicted molar refractivity (Wildman–Crippen MR) is 70.6 cm³/mol. The molecule has 1 fully saturated rings. The molecule has 1 amide bonds. The van der Waals surface area contributed by atoms with Gasteiger partial charge in [0.25, 0.3) is 0 Å². The summed E-state index contributed by atoms with van der Waals surface area (Å²) >= 11 is 0. The van der Waals surface area contributed by atoms with Gasteiger partial charge in [0.05, 0.1) is 24.3 Å². The van der Waals surface area contributed by atoms with Crippen LogP contribution < -0.4 is 4.90 Å². The minimum Gasteiger partial charge on any atom is -0.478 e. The molecule has 1 heterocycles. The lowest BCUT2D eigenvalue weighted by Crippen LogP contribution is -2.27. The Kier molecular flexibility index (Phi) is 3.74. The van der Waals surface area contributed by atoms with Crippen molar-refractivity contribution >= 4 is 23.5 Å². The number of nitrogens with zero attached hydrogens (tertiary/aromatic N) is 1. The van der Waals surface area contributed by atoms with Crippen LogP contribution >= 0.6 is 0 Å². The summed E-state index contributed by atoms with van der Waals surface area (Å²) in [6.07, 6.45) is 0.0413. The molecule has 0 saturated carbocycles. The number of methoxy groups -OCH3 is 1. The van der Waals surface area contributed by atoms with Crippen molar-refractivity contribution in [2.75, 3.05) is 18.6 Å². The summed E-state index contributed by atoms with van der Waals surface area (Å²) in [5.74, 6) is -2.37. The van der Waals surface area contributed by atoms with E-state index in [9.17, 15) is 19.5 Å². The first kappa shape index (κ1) is 14.0. The Bertz CT molecular complexity index is 581. The molecule has 0 radical (unpaired) electrons. The Morgan fingerprint density at radius 1 is 1.40 bits per heavy atom. The number of carbonyl (C=O) groups excluding carboxylic acids is 2. The molecule has 1 atom stereocenters. The average Bonchev–Trinajstić information content (AvgIpc) is 2.79. The lowest BCUT2D eigenvalue weighted by atomic mass is 10.1. The number of benzene rings is 1. The van der Waals surface area contributed by atoms with E-state index in [1.807, 2.05) is 0 Å². The molecule has 1 aliphatic rings. The van der Waals surface area contributed by atoms with Gasteiger partial charge in [-0.05, 0) is 19.1 Å². The standard InChI is InChI=1S/C14H15NO5/c1-8-3-4-11(10(5-8)13(17)18)15-7-9(6-12(15)16)14(19)20-2/h3-5,9H,6-7H2,1-2H3,(H,17,18). The van der Waals surface area contributed by atoms with Crippen LogP contribution in [0.4, 0.5) is 5.69 Å². The van der Waals surface area contributed by atoms with Crippen LogP contribution in [0.1, 0.15) is 22.3 Å². The van der Waals surface area contributed by atoms with E-state index in [1.54, 1.807) is 19.1 Å². The minimum absolute atomic E-state index is 0.0413. The molecule has 0 bridgehead atoms. The predicted octanol–water partition coefficient (Wildman–Crippen LogP) is 1.22. The normalized spacial score (nSPS) is 18.2. The van der Waals surface area contributed by atoms with Gasteiger partial charge in [0.15, 0.2) is 0 Å². The first-order valence-electron chi connectivity index (χ1n) is 6.16. The van der Waals surface area contributed by atoms with Crippen LogP contribution in [0.2, 0.25) is 0 Å². The zero-order chi connectivity index (χ0) is 14.9. The Hall–Kier alpha value is -2.37. The molecule has 1 aliphatic heterocycles. The zero-order valence-corrected chi connectivity index (χ0v) is 11.3. The molecule has 106 valence electrons. The van der Waals surface area contributed by atoms with Crippen molar-refractivity contribution in [3.05, 3.63) is 29.3 Å². The van der Waals surface area contributed by atoms with Gasteiger partial charge in [-0.1, -0.05) is 11.6 Å². The zero-order valence-electron chi connectivity index (χ0n) is 11.3. The van der Waals surface area contributed by atoms with E-state index in [2.05, 4.69) is 4.74 Å². The molecule has 1 aromatic carbocycles. The van der Waals surface area contributed by atoms with Crippen LogP contribution in [0.3, 0.4) is 0 Å². The van der Waals surface area contributed by atoms with E-state index in [1.165, 1.54) is 18.1 Å². The summed E-state index contributed by atoms with van der Waals surface area (Å²) in [6.45, 7) is 1.92. The van der Waals surface area contributed by atoms with Gasteiger partial charge in [0.2, 0.25) is 5.91 Å². The van der Waals surface area contributed by atoms with E-state index in [0.29, 0.717) is 5.69 Å². The van der Waals surface area contributed by atoms with Crippen LogP contribution in [-0.4, -0.2) is 36.6 Å². The highest BCUT2D eigenvalue weighted by Gasteiger charge is 2.37. The van der Waals surface area contributed by atoms with Crippen molar-refractivity contribution in [3.8, 4) is 0 Å². The molecule has 0 aromatic heterocycles. The summed E-state index contributed by atoms with van der Waals surface area (Å²) in [6, 6.07) is 4.84. The second kappa shape index (κ2) is 5.32. The number of carboxylic acids is 1. The van der Waals surface area contributed by atoms with Gasteiger partial charge in [0, 0.05) is 13.0 Å². The Labute approximate surface area is 115 Å². The number of rotatable bonds is 3. The molecule has 6 nitrogen and oxygen atoms in total. The second-order valence-corrected chi connectivity index (χ2v) is 4.75. The number of esters is 1. The molecule has 1 unspecified atom stereocenters. The number of aryl methyl sites for hydroxylation is 1. The number of amides is 1. The van der Waals surface area contributed by atoms with Gasteiger partial charge < -0.3 is 14.7 Å². The largest absolute Gasteiger partial charge is 0.478 e. The maximum atomic E-state index is 12.0. The molecule has 6 heteroatoms. The monoisotopic (exact) mass is 277 g/mol. The van der Waals surface area contributed by atoms with E-state index in [4.69, 9.17) is 0 Å². The molecule has 1 aromatic rings. The van der Waals surface area contributed by atoms with Crippen LogP contribution in [0.25, 0.3) is 0 Å². The van der Waals surface area contributed by atoms with Gasteiger partial charge >= 0.3 is 11.9 Å². The SMILES string of the molecule is COC(=O)C1CC(=O)N(c2ccc(C)cc2C(=O)O)C1. The van der Waals surface area contributed by atoms with Gasteiger partial charge in [-0.25, -0.2) is 4.79 Å². The molecule has 2 rings (SSSR count). The molecular weight excluding hydrogens is 262 g/mol. The van der Waals surface area contributed by atoms with Crippen molar-refractivity contribution in [3.63, 3.8) is 0 Å². The smallest absolute Gasteiger partial charge is 0.337 e. The topological polar surface area (TPSA) is 83.9 Å². The van der Waals surface area contributed by atoms with Crippen LogP contribution in [0, 0.1) is 12.8 Å². The van der Waals surface area contributed by atoms with Crippen LogP contribution in [0.5, 0.6) is 0 Å². The summed E-state index contributed by atoms with van der Waals surface area (Å²) < 4.78 is 4.63. The van der Waals surface area contributed by atoms with E-state index >= 15 is 0 Å². The summed E-state index contributed by atoms with van der Waals surface area (Å²) in [5.41, 5.74) is 1.17. The minimum atomic E-state index is -1.10. The fourth-order valence-electron chi connectivity index (χ4n) is 2.32. The van der Waals surface area contributed by atoms with E-state index in [0.717, 1.165) is 5.56 Å². The van der Waals surface area contributed by atoms with Crippen molar-refractivity contribution in [2.24, 2.45) is 5.92 Å². The number of hydrogen-bond donors (Lipinski definition) is 1. The fraction of sp³-hybridized carbons (Fsp3) is 0.357. The third kappa shape index (κ3) is 2.49. The number of carboxylic acid groups (broad SMARTS) is 1. The molecule has 1 N–H and O–H groups in total. The first-order chi connectivity index (χ1) is 9.43. The lowest BCUT2D eigenvalue weighted by Gasteiger charge is -2.19. The maximum Gasteiger partial charge on any atom is 0.337 e. The lowest BCUT2D eigenvalue weighted by molar-refractivity contribution is -0.145. The van der Waals surface area contributed by atoms with Gasteiger partial charge in [-0.3, -0.25) is 9.59 Å². The highest BCUT2D eigenvalue weighted by Crippen LogP contribution is 2.29. The summed E-state index contributed by atoms with van der Waals surface area (Å²) in [7, 11) is 1.27. The van der Waals surface area contributed by atoms with E-state index in [-0.39, 0.29) is 24.4 Å². The number of aromatic carboxylic acids is 1. The second-order valence-electron chi connectivity index (χ2n) is 4.75. The number of carbonyl (C=O) groups is 3. The van der Waals surface area contributed by atoms with Gasteiger partial charge in [-0.15, -0.1) is 0 Å². The highest BCUT2D eigenvalue weighted by atomic mass is 16.5. The van der Waals surface area contributed by atoms with Gasteiger partial charge in [0.1, 0.15) is 0 Å². The van der Waals surface area contributed by atoms with Crippen molar-refractivity contribution in [1.82, 2.24) is 0 Å².